The average Bonchev–Trinajstić information content (AvgIpc) is 3.22. The number of rotatable bonds is 7. The van der Waals surface area contributed by atoms with Crippen LogP contribution in [0.25, 0.3) is 0 Å². The van der Waals surface area contributed by atoms with Crippen molar-refractivity contribution >= 4 is 0 Å². The quantitative estimate of drug-likeness (QED) is 0.766. The molecule has 0 radical (unpaired) electrons. The Morgan fingerprint density at radius 2 is 1.81 bits per heavy atom. The van der Waals surface area contributed by atoms with E-state index in [9.17, 15) is 13.2 Å². The summed E-state index contributed by atoms with van der Waals surface area (Å²) >= 11 is 0. The molecular formula is C16H29F3N2. The first-order valence-electron chi connectivity index (χ1n) is 8.50. The van der Waals surface area contributed by atoms with Crippen LogP contribution in [0.2, 0.25) is 0 Å². The Bertz CT molecular complexity index is 315. The number of halogens is 3. The lowest BCUT2D eigenvalue weighted by Crippen LogP contribution is -2.56. The molecule has 0 bridgehead atoms. The van der Waals surface area contributed by atoms with E-state index in [2.05, 4.69) is 12.2 Å². The van der Waals surface area contributed by atoms with Crippen LogP contribution in [0.1, 0.15) is 58.8 Å². The second-order valence-corrected chi connectivity index (χ2v) is 6.72. The van der Waals surface area contributed by atoms with Gasteiger partial charge in [-0.2, -0.15) is 13.2 Å². The summed E-state index contributed by atoms with van der Waals surface area (Å²) in [5.41, 5.74) is 0. The van der Waals surface area contributed by atoms with Gasteiger partial charge in [0.1, 0.15) is 0 Å². The molecule has 21 heavy (non-hydrogen) atoms. The Hall–Kier alpha value is -0.290. The lowest BCUT2D eigenvalue weighted by atomic mass is 9.79. The highest BCUT2D eigenvalue weighted by molar-refractivity contribution is 4.97. The lowest BCUT2D eigenvalue weighted by Gasteiger charge is -2.43. The van der Waals surface area contributed by atoms with Gasteiger partial charge in [-0.1, -0.05) is 26.7 Å². The van der Waals surface area contributed by atoms with Gasteiger partial charge in [-0.15, -0.1) is 0 Å². The van der Waals surface area contributed by atoms with Crippen LogP contribution in [0.15, 0.2) is 0 Å². The van der Waals surface area contributed by atoms with Crippen molar-refractivity contribution < 1.29 is 13.2 Å². The third-order valence-electron chi connectivity index (χ3n) is 4.89. The van der Waals surface area contributed by atoms with Crippen molar-refractivity contribution in [3.05, 3.63) is 0 Å². The zero-order valence-corrected chi connectivity index (χ0v) is 13.3. The normalized spacial score (nSPS) is 30.9. The topological polar surface area (TPSA) is 15.3 Å². The Kier molecular flexibility index (Phi) is 5.95. The summed E-state index contributed by atoms with van der Waals surface area (Å²) in [7, 11) is 0. The van der Waals surface area contributed by atoms with E-state index in [0.29, 0.717) is 5.92 Å². The van der Waals surface area contributed by atoms with E-state index in [1.807, 2.05) is 6.92 Å². The molecule has 2 rings (SSSR count). The predicted octanol–water partition coefficient (Wildman–Crippen LogP) is 3.96. The molecule has 5 heteroatoms. The second kappa shape index (κ2) is 7.32. The molecule has 2 aliphatic rings. The molecule has 0 aromatic heterocycles. The van der Waals surface area contributed by atoms with Crippen LogP contribution in [0.4, 0.5) is 13.2 Å². The number of hydrogen-bond donors (Lipinski definition) is 1. The average molecular weight is 306 g/mol. The molecule has 2 aliphatic carbocycles. The molecule has 3 unspecified atom stereocenters. The molecule has 0 amide bonds. The van der Waals surface area contributed by atoms with E-state index in [0.717, 1.165) is 51.5 Å². The van der Waals surface area contributed by atoms with Gasteiger partial charge in [0.25, 0.3) is 0 Å². The van der Waals surface area contributed by atoms with E-state index in [1.165, 1.54) is 0 Å². The van der Waals surface area contributed by atoms with Crippen molar-refractivity contribution in [2.75, 3.05) is 13.1 Å². The Balaban J connectivity index is 2.07. The van der Waals surface area contributed by atoms with Crippen molar-refractivity contribution in [2.45, 2.75) is 83.1 Å². The fraction of sp³-hybridized carbons (Fsp3) is 1.00. The first-order chi connectivity index (χ1) is 9.94. The number of hydrogen-bond acceptors (Lipinski definition) is 2. The standard InChI is InChI=1S/C16H29F3N2/c1-3-5-12-6-9-14(20-4-2)15(10-12)21(13-7-8-13)11-16(17,18)19/h12-15,20H,3-11H2,1-2H3. The van der Waals surface area contributed by atoms with Gasteiger partial charge < -0.3 is 5.32 Å². The highest BCUT2D eigenvalue weighted by Gasteiger charge is 2.45. The molecule has 0 aliphatic heterocycles. The smallest absolute Gasteiger partial charge is 0.313 e. The van der Waals surface area contributed by atoms with E-state index < -0.39 is 12.7 Å². The van der Waals surface area contributed by atoms with Crippen molar-refractivity contribution in [1.29, 1.82) is 0 Å². The van der Waals surface area contributed by atoms with Crippen molar-refractivity contribution in [2.24, 2.45) is 5.92 Å². The molecule has 0 heterocycles. The number of alkyl halides is 3. The summed E-state index contributed by atoms with van der Waals surface area (Å²) in [5, 5.41) is 3.44. The third kappa shape index (κ3) is 5.13. The zero-order chi connectivity index (χ0) is 15.5. The van der Waals surface area contributed by atoms with Gasteiger partial charge in [-0.3, -0.25) is 4.90 Å². The van der Waals surface area contributed by atoms with Gasteiger partial charge in [0.2, 0.25) is 0 Å². The van der Waals surface area contributed by atoms with Crippen LogP contribution in [-0.2, 0) is 0 Å². The third-order valence-corrected chi connectivity index (χ3v) is 4.89. The molecule has 3 atom stereocenters. The van der Waals surface area contributed by atoms with Crippen LogP contribution >= 0.6 is 0 Å². The summed E-state index contributed by atoms with van der Waals surface area (Å²) < 4.78 is 38.8. The number of likely N-dealkylation sites (N-methyl/N-ethyl adjacent to an activating group) is 1. The lowest BCUT2D eigenvalue weighted by molar-refractivity contribution is -0.156. The summed E-state index contributed by atoms with van der Waals surface area (Å²) in [6.45, 7) is 4.31. The summed E-state index contributed by atoms with van der Waals surface area (Å²) in [6.07, 6.45) is 3.17. The Morgan fingerprint density at radius 3 is 2.33 bits per heavy atom. The van der Waals surface area contributed by atoms with Crippen LogP contribution in [-0.4, -0.2) is 42.3 Å². The molecule has 2 fully saturated rings. The van der Waals surface area contributed by atoms with Crippen LogP contribution < -0.4 is 5.32 Å². The van der Waals surface area contributed by atoms with Gasteiger partial charge in [0, 0.05) is 18.1 Å². The van der Waals surface area contributed by atoms with E-state index in [4.69, 9.17) is 0 Å². The molecule has 124 valence electrons. The van der Waals surface area contributed by atoms with Gasteiger partial charge >= 0.3 is 6.18 Å². The highest BCUT2D eigenvalue weighted by atomic mass is 19.4. The number of nitrogens with zero attached hydrogens (tertiary/aromatic N) is 1. The molecular weight excluding hydrogens is 277 g/mol. The predicted molar refractivity (Wildman–Crippen MR) is 79.3 cm³/mol. The van der Waals surface area contributed by atoms with E-state index >= 15 is 0 Å². The molecule has 0 aromatic carbocycles. The van der Waals surface area contributed by atoms with Crippen molar-refractivity contribution in [3.8, 4) is 0 Å². The van der Waals surface area contributed by atoms with Crippen molar-refractivity contribution in [1.82, 2.24) is 10.2 Å². The maximum absolute atomic E-state index is 12.9. The van der Waals surface area contributed by atoms with Crippen molar-refractivity contribution in [3.63, 3.8) is 0 Å². The summed E-state index contributed by atoms with van der Waals surface area (Å²) in [5.74, 6) is 0.601. The molecule has 0 aromatic rings. The summed E-state index contributed by atoms with van der Waals surface area (Å²) in [4.78, 5) is 1.77. The molecule has 0 spiro atoms. The maximum Gasteiger partial charge on any atom is 0.401 e. The van der Waals surface area contributed by atoms with Crippen LogP contribution in [0.5, 0.6) is 0 Å². The highest BCUT2D eigenvalue weighted by Crippen LogP contribution is 2.38. The first kappa shape index (κ1) is 17.1. The van der Waals surface area contributed by atoms with E-state index in [1.54, 1.807) is 4.90 Å². The molecule has 1 N–H and O–H groups in total. The van der Waals surface area contributed by atoms with Gasteiger partial charge in [0.05, 0.1) is 6.54 Å². The van der Waals surface area contributed by atoms with Gasteiger partial charge in [-0.05, 0) is 44.6 Å². The van der Waals surface area contributed by atoms with Crippen LogP contribution in [0, 0.1) is 5.92 Å². The minimum Gasteiger partial charge on any atom is -0.313 e. The molecule has 0 saturated heterocycles. The largest absolute Gasteiger partial charge is 0.401 e. The Morgan fingerprint density at radius 1 is 1.10 bits per heavy atom. The molecule has 2 nitrogen and oxygen atoms in total. The number of nitrogens with one attached hydrogen (secondary N) is 1. The van der Waals surface area contributed by atoms with Gasteiger partial charge in [-0.25, -0.2) is 0 Å². The zero-order valence-electron chi connectivity index (χ0n) is 13.3. The minimum absolute atomic E-state index is 0.0596. The Labute approximate surface area is 126 Å². The van der Waals surface area contributed by atoms with E-state index in [-0.39, 0.29) is 18.1 Å². The first-order valence-corrected chi connectivity index (χ1v) is 8.50. The van der Waals surface area contributed by atoms with Crippen LogP contribution in [0.3, 0.4) is 0 Å². The summed E-state index contributed by atoms with van der Waals surface area (Å²) in [6, 6.07) is 0.452. The second-order valence-electron chi connectivity index (χ2n) is 6.72. The monoisotopic (exact) mass is 306 g/mol. The SMILES string of the molecule is CCCC1CCC(NCC)C(N(CC(F)(F)F)C2CC2)C1. The maximum atomic E-state index is 12.9. The van der Waals surface area contributed by atoms with Gasteiger partial charge in [0.15, 0.2) is 0 Å². The fourth-order valence-corrected chi connectivity index (χ4v) is 3.90. The minimum atomic E-state index is -4.09. The molecule has 2 saturated carbocycles. The fourth-order valence-electron chi connectivity index (χ4n) is 3.90.